The number of piperazine rings is 1. The van der Waals surface area contributed by atoms with Crippen LogP contribution in [-0.4, -0.2) is 67.3 Å². The lowest BCUT2D eigenvalue weighted by Gasteiger charge is -2.36. The molecule has 0 aromatic carbocycles. The Kier molecular flexibility index (Phi) is 4.42. The van der Waals surface area contributed by atoms with Crippen molar-refractivity contribution in [3.63, 3.8) is 0 Å². The topological polar surface area (TPSA) is 67.8 Å². The minimum Gasteiger partial charge on any atom is -0.481 e. The van der Waals surface area contributed by atoms with Gasteiger partial charge in [-0.15, -0.1) is 0 Å². The third-order valence-electron chi connectivity index (χ3n) is 4.20. The van der Waals surface area contributed by atoms with Gasteiger partial charge < -0.3 is 19.3 Å². The van der Waals surface area contributed by atoms with Crippen molar-refractivity contribution >= 4 is 11.7 Å². The monoisotopic (exact) mass is 306 g/mol. The molecule has 2 saturated heterocycles. The highest BCUT2D eigenvalue weighted by Crippen LogP contribution is 2.21. The number of aryl methyl sites for hydroxylation is 1. The largest absolute Gasteiger partial charge is 0.481 e. The van der Waals surface area contributed by atoms with Crippen LogP contribution < -0.4 is 9.64 Å². The van der Waals surface area contributed by atoms with E-state index >= 15 is 0 Å². The molecule has 2 fully saturated rings. The molecular formula is C15H22N4O3. The van der Waals surface area contributed by atoms with Crippen molar-refractivity contribution in [3.8, 4) is 5.88 Å². The van der Waals surface area contributed by atoms with Crippen LogP contribution in [0.1, 0.15) is 12.2 Å². The highest BCUT2D eigenvalue weighted by molar-refractivity contribution is 5.79. The summed E-state index contributed by atoms with van der Waals surface area (Å²) in [6, 6.07) is 1.84. The van der Waals surface area contributed by atoms with Crippen LogP contribution in [0.25, 0.3) is 0 Å². The fourth-order valence-electron chi connectivity index (χ4n) is 2.94. The van der Waals surface area contributed by atoms with Crippen molar-refractivity contribution in [2.75, 3.05) is 51.4 Å². The second kappa shape index (κ2) is 6.48. The summed E-state index contributed by atoms with van der Waals surface area (Å²) in [5, 5.41) is 0. The van der Waals surface area contributed by atoms with Crippen LogP contribution in [0.4, 0.5) is 5.82 Å². The second-order valence-electron chi connectivity index (χ2n) is 5.69. The highest BCUT2D eigenvalue weighted by Gasteiger charge is 2.30. The number of nitrogens with zero attached hydrogens (tertiary/aromatic N) is 4. The van der Waals surface area contributed by atoms with E-state index in [1.807, 2.05) is 17.9 Å². The Morgan fingerprint density at radius 1 is 1.32 bits per heavy atom. The minimum absolute atomic E-state index is 0.0490. The summed E-state index contributed by atoms with van der Waals surface area (Å²) in [6.45, 7) is 6.13. The maximum Gasteiger partial charge on any atom is 0.228 e. The van der Waals surface area contributed by atoms with Crippen molar-refractivity contribution in [2.45, 2.75) is 13.3 Å². The Bertz CT molecular complexity index is 538. The summed E-state index contributed by atoms with van der Waals surface area (Å²) < 4.78 is 10.5. The van der Waals surface area contributed by atoms with Gasteiger partial charge in [-0.2, -0.15) is 4.98 Å². The lowest BCUT2D eigenvalue weighted by Crippen LogP contribution is -2.50. The first-order valence-corrected chi connectivity index (χ1v) is 7.68. The van der Waals surface area contributed by atoms with E-state index < -0.39 is 0 Å². The SMILES string of the molecule is COc1cc(N2CCN(C(=O)C3CCOC3)CC2)nc(C)n1. The molecule has 0 radical (unpaired) electrons. The molecule has 22 heavy (non-hydrogen) atoms. The maximum atomic E-state index is 12.4. The number of anilines is 1. The summed E-state index contributed by atoms with van der Waals surface area (Å²) in [6.07, 6.45) is 0.849. The highest BCUT2D eigenvalue weighted by atomic mass is 16.5. The first-order valence-electron chi connectivity index (χ1n) is 7.68. The molecule has 3 heterocycles. The molecule has 120 valence electrons. The summed E-state index contributed by atoms with van der Waals surface area (Å²) in [7, 11) is 1.60. The van der Waals surface area contributed by atoms with Crippen LogP contribution in [0.5, 0.6) is 5.88 Å². The van der Waals surface area contributed by atoms with Crippen LogP contribution in [-0.2, 0) is 9.53 Å². The van der Waals surface area contributed by atoms with E-state index in [0.717, 1.165) is 38.4 Å². The van der Waals surface area contributed by atoms with E-state index in [2.05, 4.69) is 14.9 Å². The van der Waals surface area contributed by atoms with Crippen LogP contribution in [0.15, 0.2) is 6.07 Å². The van der Waals surface area contributed by atoms with Crippen molar-refractivity contribution in [3.05, 3.63) is 11.9 Å². The van der Waals surface area contributed by atoms with Crippen molar-refractivity contribution in [1.29, 1.82) is 0 Å². The quantitative estimate of drug-likeness (QED) is 0.809. The number of ether oxygens (including phenoxy) is 2. The van der Waals surface area contributed by atoms with Crippen LogP contribution in [0, 0.1) is 12.8 Å². The molecule has 0 bridgehead atoms. The Morgan fingerprint density at radius 2 is 2.09 bits per heavy atom. The molecule has 0 spiro atoms. The molecule has 3 rings (SSSR count). The molecule has 1 amide bonds. The average molecular weight is 306 g/mol. The summed E-state index contributed by atoms with van der Waals surface area (Å²) in [4.78, 5) is 25.2. The zero-order valence-electron chi connectivity index (χ0n) is 13.1. The van der Waals surface area contributed by atoms with E-state index in [4.69, 9.17) is 9.47 Å². The fourth-order valence-corrected chi connectivity index (χ4v) is 2.94. The number of aromatic nitrogens is 2. The third-order valence-corrected chi connectivity index (χ3v) is 4.20. The van der Waals surface area contributed by atoms with Gasteiger partial charge >= 0.3 is 0 Å². The van der Waals surface area contributed by atoms with E-state index in [0.29, 0.717) is 24.9 Å². The predicted octanol–water partition coefficient (Wildman–Crippen LogP) is 0.479. The molecule has 0 N–H and O–H groups in total. The molecule has 1 atom stereocenters. The van der Waals surface area contributed by atoms with E-state index in [1.54, 1.807) is 7.11 Å². The van der Waals surface area contributed by atoms with Gasteiger partial charge in [-0.3, -0.25) is 4.79 Å². The third kappa shape index (κ3) is 3.14. The van der Waals surface area contributed by atoms with Gasteiger partial charge in [0.2, 0.25) is 11.8 Å². The van der Waals surface area contributed by atoms with Crippen LogP contribution in [0.3, 0.4) is 0 Å². The fraction of sp³-hybridized carbons (Fsp3) is 0.667. The predicted molar refractivity (Wildman–Crippen MR) is 81.0 cm³/mol. The van der Waals surface area contributed by atoms with Crippen LogP contribution in [0.2, 0.25) is 0 Å². The molecule has 0 aliphatic carbocycles. The maximum absolute atomic E-state index is 12.4. The lowest BCUT2D eigenvalue weighted by atomic mass is 10.1. The molecule has 2 aliphatic heterocycles. The lowest BCUT2D eigenvalue weighted by molar-refractivity contribution is -0.135. The molecule has 1 aromatic heterocycles. The second-order valence-corrected chi connectivity index (χ2v) is 5.69. The Labute approximate surface area is 130 Å². The molecule has 1 unspecified atom stereocenters. The Hall–Kier alpha value is -1.89. The molecule has 7 heteroatoms. The number of hydrogen-bond acceptors (Lipinski definition) is 6. The zero-order valence-corrected chi connectivity index (χ0v) is 13.1. The Morgan fingerprint density at radius 3 is 2.73 bits per heavy atom. The number of methoxy groups -OCH3 is 1. The zero-order chi connectivity index (χ0) is 15.5. The standard InChI is InChI=1S/C15H22N4O3/c1-11-16-13(9-14(17-11)21-2)18-4-6-19(7-5-18)15(20)12-3-8-22-10-12/h9,12H,3-8,10H2,1-2H3. The Balaban J connectivity index is 1.61. The van der Waals surface area contributed by atoms with Gasteiger partial charge in [0.1, 0.15) is 11.6 Å². The summed E-state index contributed by atoms with van der Waals surface area (Å²) in [5.74, 6) is 2.40. The van der Waals surface area contributed by atoms with Crippen molar-refractivity contribution < 1.29 is 14.3 Å². The minimum atomic E-state index is 0.0490. The van der Waals surface area contributed by atoms with Gasteiger partial charge in [0, 0.05) is 38.9 Å². The van der Waals surface area contributed by atoms with Crippen LogP contribution >= 0.6 is 0 Å². The van der Waals surface area contributed by atoms with Gasteiger partial charge in [-0.05, 0) is 13.3 Å². The first-order chi connectivity index (χ1) is 10.7. The van der Waals surface area contributed by atoms with Gasteiger partial charge in [0.15, 0.2) is 0 Å². The van der Waals surface area contributed by atoms with Gasteiger partial charge in [0.05, 0.1) is 19.6 Å². The first kappa shape index (κ1) is 15.0. The smallest absolute Gasteiger partial charge is 0.228 e. The molecule has 2 aliphatic rings. The van der Waals surface area contributed by atoms with Gasteiger partial charge in [-0.25, -0.2) is 4.98 Å². The number of carbonyl (C=O) groups excluding carboxylic acids is 1. The normalized spacial score (nSPS) is 22.0. The van der Waals surface area contributed by atoms with Gasteiger partial charge in [-0.1, -0.05) is 0 Å². The molecule has 1 aromatic rings. The number of amides is 1. The molecular weight excluding hydrogens is 284 g/mol. The molecule has 7 nitrogen and oxygen atoms in total. The number of rotatable bonds is 3. The summed E-state index contributed by atoms with van der Waals surface area (Å²) in [5.41, 5.74) is 0. The van der Waals surface area contributed by atoms with E-state index in [9.17, 15) is 4.79 Å². The van der Waals surface area contributed by atoms with E-state index in [1.165, 1.54) is 0 Å². The average Bonchev–Trinajstić information content (AvgIpc) is 3.08. The number of hydrogen-bond donors (Lipinski definition) is 0. The van der Waals surface area contributed by atoms with Crippen molar-refractivity contribution in [2.24, 2.45) is 5.92 Å². The number of carbonyl (C=O) groups is 1. The van der Waals surface area contributed by atoms with Gasteiger partial charge in [0.25, 0.3) is 0 Å². The molecule has 0 saturated carbocycles. The summed E-state index contributed by atoms with van der Waals surface area (Å²) >= 11 is 0. The van der Waals surface area contributed by atoms with E-state index in [-0.39, 0.29) is 11.8 Å². The van der Waals surface area contributed by atoms with Crippen molar-refractivity contribution in [1.82, 2.24) is 14.9 Å².